The number of aromatic nitrogens is 3. The van der Waals surface area contributed by atoms with Gasteiger partial charge >= 0.3 is 0 Å². The number of benzene rings is 1. The number of carbonyl (C=O) groups is 1. The molecule has 0 bridgehead atoms. The molecule has 0 radical (unpaired) electrons. The van der Waals surface area contributed by atoms with Crippen LogP contribution in [-0.4, -0.2) is 39.9 Å². The summed E-state index contributed by atoms with van der Waals surface area (Å²) in [7, 11) is 0. The predicted molar refractivity (Wildman–Crippen MR) is 132 cm³/mol. The van der Waals surface area contributed by atoms with E-state index < -0.39 is 5.91 Å². The van der Waals surface area contributed by atoms with E-state index in [9.17, 15) is 4.79 Å². The monoisotopic (exact) mass is 459 g/mol. The fourth-order valence-electron chi connectivity index (χ4n) is 5.10. The van der Waals surface area contributed by atoms with Crippen molar-refractivity contribution in [2.75, 3.05) is 18.5 Å². The molecular formula is C27H33N5O2. The van der Waals surface area contributed by atoms with Gasteiger partial charge in [0.2, 0.25) is 0 Å². The Morgan fingerprint density at radius 1 is 1.24 bits per heavy atom. The van der Waals surface area contributed by atoms with Gasteiger partial charge in [-0.25, -0.2) is 4.68 Å². The summed E-state index contributed by atoms with van der Waals surface area (Å²) >= 11 is 0. The number of anilines is 1. The quantitative estimate of drug-likeness (QED) is 0.580. The summed E-state index contributed by atoms with van der Waals surface area (Å²) in [6.07, 6.45) is 7.46. The standard InChI is InChI=1S/C27H33N5O2/c1-27(2)11-8-21-24(15-19-5-3-4-12-29-19)31-32(25(21)17-27)20-6-7-22(26(28)33)23(16-20)30-18-9-13-34-14-10-18/h3-7,12,16,18,30H,8-11,13-15,17H2,1-2H3,(H2,28,33). The number of nitrogens with one attached hydrogen (secondary N) is 1. The van der Waals surface area contributed by atoms with Crippen LogP contribution in [0.3, 0.4) is 0 Å². The summed E-state index contributed by atoms with van der Waals surface area (Å²) in [5.41, 5.74) is 12.8. The predicted octanol–water partition coefficient (Wildman–Crippen LogP) is 4.06. The lowest BCUT2D eigenvalue weighted by molar-refractivity contribution is 0.0904. The SMILES string of the molecule is CC1(C)CCc2c(Cc3ccccn3)nn(-c3ccc(C(N)=O)c(NC4CCOCC4)c3)c2C1. The first-order chi connectivity index (χ1) is 16.4. The first kappa shape index (κ1) is 22.6. The fourth-order valence-corrected chi connectivity index (χ4v) is 5.10. The molecule has 0 unspecified atom stereocenters. The molecule has 1 amide bonds. The number of nitrogens with zero attached hydrogens (tertiary/aromatic N) is 3. The van der Waals surface area contributed by atoms with Crippen molar-refractivity contribution < 1.29 is 9.53 Å². The topological polar surface area (TPSA) is 95.1 Å². The molecule has 3 heterocycles. The van der Waals surface area contributed by atoms with Crippen molar-refractivity contribution in [1.29, 1.82) is 0 Å². The van der Waals surface area contributed by atoms with Crippen LogP contribution in [-0.2, 0) is 24.0 Å². The third-order valence-electron chi connectivity index (χ3n) is 7.04. The summed E-state index contributed by atoms with van der Waals surface area (Å²) in [4.78, 5) is 16.7. The van der Waals surface area contributed by atoms with Crippen LogP contribution in [0.1, 0.15) is 66.1 Å². The molecule has 7 nitrogen and oxygen atoms in total. The number of primary amides is 1. The minimum atomic E-state index is -0.430. The van der Waals surface area contributed by atoms with Crippen LogP contribution in [0.4, 0.5) is 5.69 Å². The normalized spacial score (nSPS) is 17.8. The van der Waals surface area contributed by atoms with Gasteiger partial charge in [0.15, 0.2) is 0 Å². The van der Waals surface area contributed by atoms with Gasteiger partial charge in [-0.05, 0) is 73.4 Å². The van der Waals surface area contributed by atoms with Crippen LogP contribution in [0.5, 0.6) is 0 Å². The number of ether oxygens (including phenoxy) is 1. The van der Waals surface area contributed by atoms with Crippen molar-refractivity contribution in [3.05, 3.63) is 70.8 Å². The zero-order valence-electron chi connectivity index (χ0n) is 20.0. The summed E-state index contributed by atoms with van der Waals surface area (Å²) in [6, 6.07) is 12.1. The molecule has 2 aliphatic rings. The Hall–Kier alpha value is -3.19. The number of nitrogens with two attached hydrogens (primary N) is 1. The van der Waals surface area contributed by atoms with E-state index in [1.165, 1.54) is 11.3 Å². The third-order valence-corrected chi connectivity index (χ3v) is 7.04. The molecule has 1 aromatic carbocycles. The lowest BCUT2D eigenvalue weighted by Crippen LogP contribution is -2.29. The van der Waals surface area contributed by atoms with Gasteiger partial charge in [0.25, 0.3) is 5.91 Å². The lowest BCUT2D eigenvalue weighted by atomic mass is 9.76. The first-order valence-corrected chi connectivity index (χ1v) is 12.2. The second kappa shape index (κ2) is 9.22. The average Bonchev–Trinajstić information content (AvgIpc) is 3.16. The van der Waals surface area contributed by atoms with Crippen molar-refractivity contribution in [3.8, 4) is 5.69 Å². The van der Waals surface area contributed by atoms with E-state index in [4.69, 9.17) is 15.6 Å². The maximum atomic E-state index is 12.2. The molecule has 1 aliphatic carbocycles. The van der Waals surface area contributed by atoms with E-state index in [1.807, 2.05) is 36.5 Å². The average molecular weight is 460 g/mol. The van der Waals surface area contributed by atoms with E-state index in [0.717, 1.165) is 68.1 Å². The number of hydrogen-bond donors (Lipinski definition) is 2. The highest BCUT2D eigenvalue weighted by Gasteiger charge is 2.31. The molecule has 3 N–H and O–H groups in total. The van der Waals surface area contributed by atoms with Crippen LogP contribution in [0.25, 0.3) is 5.69 Å². The van der Waals surface area contributed by atoms with Crippen LogP contribution in [0.15, 0.2) is 42.6 Å². The number of pyridine rings is 1. The van der Waals surface area contributed by atoms with Crippen LogP contribution < -0.4 is 11.1 Å². The molecule has 3 aromatic rings. The molecule has 7 heteroatoms. The Bertz CT molecular complexity index is 1180. The first-order valence-electron chi connectivity index (χ1n) is 12.2. The van der Waals surface area contributed by atoms with Gasteiger partial charge in [0.1, 0.15) is 0 Å². The largest absolute Gasteiger partial charge is 0.381 e. The minimum absolute atomic E-state index is 0.212. The van der Waals surface area contributed by atoms with Crippen LogP contribution in [0, 0.1) is 5.41 Å². The maximum Gasteiger partial charge on any atom is 0.250 e. The number of carbonyl (C=O) groups excluding carboxylic acids is 1. The van der Waals surface area contributed by atoms with Gasteiger partial charge in [-0.2, -0.15) is 5.10 Å². The molecule has 1 saturated heterocycles. The summed E-state index contributed by atoms with van der Waals surface area (Å²) in [5, 5.41) is 8.65. The fraction of sp³-hybridized carbons (Fsp3) is 0.444. The Morgan fingerprint density at radius 3 is 2.79 bits per heavy atom. The Labute approximate surface area is 200 Å². The highest BCUT2D eigenvalue weighted by atomic mass is 16.5. The lowest BCUT2D eigenvalue weighted by Gasteiger charge is -2.30. The third kappa shape index (κ3) is 4.71. The van der Waals surface area contributed by atoms with E-state index in [-0.39, 0.29) is 11.5 Å². The molecule has 0 atom stereocenters. The van der Waals surface area contributed by atoms with Crippen LogP contribution in [0.2, 0.25) is 0 Å². The van der Waals surface area contributed by atoms with Crippen LogP contribution >= 0.6 is 0 Å². The Balaban J connectivity index is 1.55. The van der Waals surface area contributed by atoms with Gasteiger partial charge in [-0.15, -0.1) is 0 Å². The number of rotatable bonds is 6. The zero-order valence-corrected chi connectivity index (χ0v) is 20.0. The molecule has 178 valence electrons. The highest BCUT2D eigenvalue weighted by molar-refractivity contribution is 5.99. The molecule has 0 spiro atoms. The van der Waals surface area contributed by atoms with Crippen molar-refractivity contribution in [1.82, 2.24) is 14.8 Å². The van der Waals surface area contributed by atoms with E-state index in [2.05, 4.69) is 34.9 Å². The van der Waals surface area contributed by atoms with Crippen molar-refractivity contribution in [3.63, 3.8) is 0 Å². The Morgan fingerprint density at radius 2 is 2.06 bits per heavy atom. The number of fused-ring (bicyclic) bond motifs is 1. The van der Waals surface area contributed by atoms with Gasteiger partial charge in [-0.3, -0.25) is 9.78 Å². The van der Waals surface area contributed by atoms with Crippen molar-refractivity contribution in [2.24, 2.45) is 11.1 Å². The van der Waals surface area contributed by atoms with Gasteiger partial charge in [0.05, 0.1) is 16.9 Å². The minimum Gasteiger partial charge on any atom is -0.381 e. The highest BCUT2D eigenvalue weighted by Crippen LogP contribution is 2.38. The molecule has 1 fully saturated rings. The van der Waals surface area contributed by atoms with E-state index in [0.29, 0.717) is 12.0 Å². The molecule has 34 heavy (non-hydrogen) atoms. The Kier molecular flexibility index (Phi) is 6.13. The second-order valence-corrected chi connectivity index (χ2v) is 10.2. The van der Waals surface area contributed by atoms with E-state index >= 15 is 0 Å². The molecular weight excluding hydrogens is 426 g/mol. The van der Waals surface area contributed by atoms with Gasteiger partial charge in [0, 0.05) is 48.9 Å². The summed E-state index contributed by atoms with van der Waals surface area (Å²) in [5.74, 6) is -0.430. The van der Waals surface area contributed by atoms with E-state index in [1.54, 1.807) is 0 Å². The zero-order chi connectivity index (χ0) is 23.7. The van der Waals surface area contributed by atoms with Gasteiger partial charge < -0.3 is 15.8 Å². The number of amides is 1. The second-order valence-electron chi connectivity index (χ2n) is 10.2. The summed E-state index contributed by atoms with van der Waals surface area (Å²) in [6.45, 7) is 6.09. The molecule has 2 aromatic heterocycles. The van der Waals surface area contributed by atoms with Crippen molar-refractivity contribution >= 4 is 11.6 Å². The molecule has 0 saturated carbocycles. The van der Waals surface area contributed by atoms with Gasteiger partial charge in [-0.1, -0.05) is 19.9 Å². The molecule has 1 aliphatic heterocycles. The van der Waals surface area contributed by atoms with Crippen molar-refractivity contribution in [2.45, 2.75) is 58.4 Å². The molecule has 5 rings (SSSR count). The summed E-state index contributed by atoms with van der Waals surface area (Å²) < 4.78 is 7.57. The smallest absolute Gasteiger partial charge is 0.250 e. The number of hydrogen-bond acceptors (Lipinski definition) is 5. The maximum absolute atomic E-state index is 12.2.